The molecule has 16 heavy (non-hydrogen) atoms. The number of benzene rings is 1. The van der Waals surface area contributed by atoms with Gasteiger partial charge in [0.25, 0.3) is 0 Å². The molecule has 1 heterocycles. The van der Waals surface area contributed by atoms with Crippen molar-refractivity contribution in [1.29, 1.82) is 0 Å². The van der Waals surface area contributed by atoms with Crippen molar-refractivity contribution in [2.75, 3.05) is 24.3 Å². The molecule has 2 rings (SSSR count). The molecule has 0 radical (unpaired) electrons. The summed E-state index contributed by atoms with van der Waals surface area (Å²) in [4.78, 5) is 5.26. The Balaban J connectivity index is 1.95. The number of aromatic amines is 1. The number of hydrogen-bond donors (Lipinski definition) is 2. The van der Waals surface area contributed by atoms with Crippen LogP contribution < -0.4 is 10.2 Å². The van der Waals surface area contributed by atoms with Crippen molar-refractivity contribution < 1.29 is 0 Å². The standard InChI is InChI=1S/C13H17N3/c1-16(2)13-7-5-11(6-8-13)15-10-12-4-3-9-14-12/h3-9,14-15H,10H2,1-2H3. The second-order valence-electron chi connectivity index (χ2n) is 3.99. The van der Waals surface area contributed by atoms with Crippen LogP contribution in [0.3, 0.4) is 0 Å². The van der Waals surface area contributed by atoms with E-state index in [1.165, 1.54) is 11.4 Å². The van der Waals surface area contributed by atoms with Gasteiger partial charge in [0.05, 0.1) is 6.54 Å². The quantitative estimate of drug-likeness (QED) is 0.821. The molecule has 3 nitrogen and oxygen atoms in total. The molecule has 1 aromatic carbocycles. The van der Waals surface area contributed by atoms with Crippen LogP contribution in [0.5, 0.6) is 0 Å². The molecular formula is C13H17N3. The summed E-state index contributed by atoms with van der Waals surface area (Å²) >= 11 is 0. The van der Waals surface area contributed by atoms with Crippen LogP contribution in [0.2, 0.25) is 0 Å². The van der Waals surface area contributed by atoms with Crippen molar-refractivity contribution in [3.05, 3.63) is 48.3 Å². The van der Waals surface area contributed by atoms with Gasteiger partial charge in [-0.3, -0.25) is 0 Å². The molecule has 0 aliphatic rings. The van der Waals surface area contributed by atoms with E-state index in [-0.39, 0.29) is 0 Å². The van der Waals surface area contributed by atoms with E-state index in [9.17, 15) is 0 Å². The molecule has 0 bridgehead atoms. The number of H-pyrrole nitrogens is 1. The van der Waals surface area contributed by atoms with Gasteiger partial charge in [0, 0.05) is 37.4 Å². The lowest BCUT2D eigenvalue weighted by atomic mass is 10.2. The zero-order chi connectivity index (χ0) is 11.4. The SMILES string of the molecule is CN(C)c1ccc(NCc2ccc[nH]2)cc1. The molecule has 0 fully saturated rings. The van der Waals surface area contributed by atoms with Gasteiger partial charge in [-0.25, -0.2) is 0 Å². The summed E-state index contributed by atoms with van der Waals surface area (Å²) in [7, 11) is 4.09. The third kappa shape index (κ3) is 2.57. The van der Waals surface area contributed by atoms with Gasteiger partial charge < -0.3 is 15.2 Å². The average molecular weight is 215 g/mol. The van der Waals surface area contributed by atoms with E-state index >= 15 is 0 Å². The second kappa shape index (κ2) is 4.75. The van der Waals surface area contributed by atoms with E-state index in [4.69, 9.17) is 0 Å². The van der Waals surface area contributed by atoms with E-state index < -0.39 is 0 Å². The second-order valence-corrected chi connectivity index (χ2v) is 3.99. The summed E-state index contributed by atoms with van der Waals surface area (Å²) in [5.41, 5.74) is 3.54. The third-order valence-electron chi connectivity index (χ3n) is 2.53. The van der Waals surface area contributed by atoms with Crippen LogP contribution in [-0.2, 0) is 6.54 Å². The number of nitrogens with one attached hydrogen (secondary N) is 2. The van der Waals surface area contributed by atoms with Gasteiger partial charge in [0.1, 0.15) is 0 Å². The van der Waals surface area contributed by atoms with Gasteiger partial charge >= 0.3 is 0 Å². The Labute approximate surface area is 96.1 Å². The lowest BCUT2D eigenvalue weighted by Gasteiger charge is -2.13. The first kappa shape index (κ1) is 10.6. The summed E-state index contributed by atoms with van der Waals surface area (Å²) in [6.07, 6.45) is 1.94. The number of rotatable bonds is 4. The predicted molar refractivity (Wildman–Crippen MR) is 68.9 cm³/mol. The van der Waals surface area contributed by atoms with Gasteiger partial charge in [-0.1, -0.05) is 0 Å². The Hall–Kier alpha value is -1.90. The molecule has 0 aliphatic heterocycles. The van der Waals surface area contributed by atoms with E-state index in [0.29, 0.717) is 0 Å². The largest absolute Gasteiger partial charge is 0.379 e. The molecule has 0 atom stereocenters. The van der Waals surface area contributed by atoms with Crippen LogP contribution in [0.25, 0.3) is 0 Å². The van der Waals surface area contributed by atoms with Crippen molar-refractivity contribution in [1.82, 2.24) is 4.98 Å². The highest BCUT2D eigenvalue weighted by molar-refractivity contribution is 5.54. The van der Waals surface area contributed by atoms with Gasteiger partial charge in [-0.15, -0.1) is 0 Å². The Morgan fingerprint density at radius 2 is 1.88 bits per heavy atom. The molecule has 3 heteroatoms. The first-order valence-corrected chi connectivity index (χ1v) is 5.39. The van der Waals surface area contributed by atoms with Gasteiger partial charge in [0.15, 0.2) is 0 Å². The Morgan fingerprint density at radius 3 is 2.44 bits per heavy atom. The fraction of sp³-hybridized carbons (Fsp3) is 0.231. The minimum atomic E-state index is 0.828. The van der Waals surface area contributed by atoms with Crippen molar-refractivity contribution in [2.24, 2.45) is 0 Å². The number of nitrogens with zero attached hydrogens (tertiary/aromatic N) is 1. The van der Waals surface area contributed by atoms with E-state index in [1.54, 1.807) is 0 Å². The van der Waals surface area contributed by atoms with E-state index in [2.05, 4.69) is 45.5 Å². The Morgan fingerprint density at radius 1 is 1.12 bits per heavy atom. The fourth-order valence-corrected chi connectivity index (χ4v) is 1.55. The summed E-state index contributed by atoms with van der Waals surface area (Å²) in [6, 6.07) is 12.5. The Kier molecular flexibility index (Phi) is 3.15. The number of anilines is 2. The van der Waals surface area contributed by atoms with Crippen molar-refractivity contribution >= 4 is 11.4 Å². The fourth-order valence-electron chi connectivity index (χ4n) is 1.55. The first-order chi connectivity index (χ1) is 7.75. The maximum atomic E-state index is 3.36. The van der Waals surface area contributed by atoms with E-state index in [1.807, 2.05) is 26.4 Å². The molecule has 2 aromatic rings. The van der Waals surface area contributed by atoms with Crippen molar-refractivity contribution in [3.8, 4) is 0 Å². The smallest absolute Gasteiger partial charge is 0.0551 e. The molecule has 0 saturated heterocycles. The average Bonchev–Trinajstić information content (AvgIpc) is 2.80. The number of aromatic nitrogens is 1. The highest BCUT2D eigenvalue weighted by Crippen LogP contribution is 2.16. The summed E-state index contributed by atoms with van der Waals surface area (Å²) in [6.45, 7) is 0.828. The van der Waals surface area contributed by atoms with E-state index in [0.717, 1.165) is 12.2 Å². The zero-order valence-electron chi connectivity index (χ0n) is 9.70. The van der Waals surface area contributed by atoms with Crippen LogP contribution >= 0.6 is 0 Å². The molecule has 0 spiro atoms. The Bertz CT molecular complexity index is 415. The molecule has 2 N–H and O–H groups in total. The molecule has 0 unspecified atom stereocenters. The molecule has 1 aromatic heterocycles. The molecule has 0 saturated carbocycles. The van der Waals surface area contributed by atoms with Crippen molar-refractivity contribution in [3.63, 3.8) is 0 Å². The predicted octanol–water partition coefficient (Wildman–Crippen LogP) is 2.69. The summed E-state index contributed by atoms with van der Waals surface area (Å²) in [5.74, 6) is 0. The molecule has 84 valence electrons. The first-order valence-electron chi connectivity index (χ1n) is 5.39. The van der Waals surface area contributed by atoms with Crippen LogP contribution in [0.4, 0.5) is 11.4 Å². The maximum Gasteiger partial charge on any atom is 0.0551 e. The van der Waals surface area contributed by atoms with Gasteiger partial charge in [-0.05, 0) is 36.4 Å². The topological polar surface area (TPSA) is 31.1 Å². The number of hydrogen-bond acceptors (Lipinski definition) is 2. The van der Waals surface area contributed by atoms with Crippen LogP contribution in [0, 0.1) is 0 Å². The highest BCUT2D eigenvalue weighted by Gasteiger charge is 1.96. The lowest BCUT2D eigenvalue weighted by molar-refractivity contribution is 1.07. The third-order valence-corrected chi connectivity index (χ3v) is 2.53. The minimum absolute atomic E-state index is 0.828. The van der Waals surface area contributed by atoms with Crippen LogP contribution in [0.1, 0.15) is 5.69 Å². The molecule has 0 amide bonds. The molecule has 0 aliphatic carbocycles. The van der Waals surface area contributed by atoms with Gasteiger partial charge in [0.2, 0.25) is 0 Å². The van der Waals surface area contributed by atoms with Gasteiger partial charge in [-0.2, -0.15) is 0 Å². The summed E-state index contributed by atoms with van der Waals surface area (Å²) < 4.78 is 0. The summed E-state index contributed by atoms with van der Waals surface area (Å²) in [5, 5.41) is 3.36. The maximum absolute atomic E-state index is 3.36. The zero-order valence-corrected chi connectivity index (χ0v) is 9.70. The minimum Gasteiger partial charge on any atom is -0.379 e. The lowest BCUT2D eigenvalue weighted by Crippen LogP contribution is -2.08. The van der Waals surface area contributed by atoms with Crippen LogP contribution in [-0.4, -0.2) is 19.1 Å². The molecular weight excluding hydrogens is 198 g/mol. The monoisotopic (exact) mass is 215 g/mol. The van der Waals surface area contributed by atoms with Crippen molar-refractivity contribution in [2.45, 2.75) is 6.54 Å². The normalized spacial score (nSPS) is 10.1. The highest BCUT2D eigenvalue weighted by atomic mass is 15.1. The van der Waals surface area contributed by atoms with Crippen LogP contribution in [0.15, 0.2) is 42.6 Å².